The Bertz CT molecular complexity index is 435. The monoisotopic (exact) mass is 253 g/mol. The van der Waals surface area contributed by atoms with Crippen molar-refractivity contribution in [2.24, 2.45) is 11.6 Å². The number of hydrogen-bond donors (Lipinski definition) is 3. The van der Waals surface area contributed by atoms with E-state index >= 15 is 0 Å². The summed E-state index contributed by atoms with van der Waals surface area (Å²) >= 11 is 0. The number of hydrogen-bond acceptors (Lipinski definition) is 5. The summed E-state index contributed by atoms with van der Waals surface area (Å²) in [4.78, 5) is 11.2. The van der Waals surface area contributed by atoms with E-state index in [-0.39, 0.29) is 12.3 Å². The van der Waals surface area contributed by atoms with E-state index in [1.807, 2.05) is 6.92 Å². The smallest absolute Gasteiger partial charge is 0.235 e. The highest BCUT2D eigenvalue weighted by Crippen LogP contribution is 2.34. The maximum atomic E-state index is 11.2. The summed E-state index contributed by atoms with van der Waals surface area (Å²) in [7, 11) is 3.14. The third kappa shape index (κ3) is 2.91. The van der Waals surface area contributed by atoms with Crippen molar-refractivity contribution in [3.63, 3.8) is 0 Å². The molecule has 0 aliphatic rings. The highest BCUT2D eigenvalue weighted by atomic mass is 16.5. The highest BCUT2D eigenvalue weighted by molar-refractivity contribution is 5.76. The molecular formula is C12H19N3O3. The van der Waals surface area contributed by atoms with E-state index in [0.29, 0.717) is 11.5 Å². The van der Waals surface area contributed by atoms with Crippen LogP contribution in [0.3, 0.4) is 0 Å². The minimum atomic E-state index is -0.479. The van der Waals surface area contributed by atoms with Gasteiger partial charge in [-0.15, -0.1) is 0 Å². The fraction of sp³-hybridized carbons (Fsp3) is 0.417. The predicted molar refractivity (Wildman–Crippen MR) is 68.2 cm³/mol. The number of benzene rings is 1. The lowest BCUT2D eigenvalue weighted by molar-refractivity contribution is -0.121. The highest BCUT2D eigenvalue weighted by Gasteiger charge is 2.18. The first-order valence-electron chi connectivity index (χ1n) is 5.51. The first kappa shape index (κ1) is 14.3. The zero-order valence-electron chi connectivity index (χ0n) is 10.8. The van der Waals surface area contributed by atoms with Crippen molar-refractivity contribution in [2.45, 2.75) is 19.4 Å². The molecule has 1 aromatic rings. The molecule has 1 atom stereocenters. The van der Waals surface area contributed by atoms with Gasteiger partial charge in [-0.3, -0.25) is 10.2 Å². The van der Waals surface area contributed by atoms with Crippen LogP contribution < -0.4 is 26.5 Å². The molecule has 0 saturated heterocycles. The van der Waals surface area contributed by atoms with E-state index in [9.17, 15) is 4.79 Å². The predicted octanol–water partition coefficient (Wildman–Crippen LogP) is 0.392. The van der Waals surface area contributed by atoms with Gasteiger partial charge in [0.05, 0.1) is 14.2 Å². The Balaban J connectivity index is 3.08. The van der Waals surface area contributed by atoms with Crippen LogP contribution in [0.1, 0.15) is 23.6 Å². The van der Waals surface area contributed by atoms with Crippen LogP contribution in [0, 0.1) is 6.92 Å². The van der Waals surface area contributed by atoms with Gasteiger partial charge in [0.15, 0.2) is 0 Å². The summed E-state index contributed by atoms with van der Waals surface area (Å²) in [6.45, 7) is 1.87. The number of hydrazine groups is 1. The second-order valence-corrected chi connectivity index (χ2v) is 3.89. The molecule has 0 saturated carbocycles. The normalized spacial score (nSPS) is 11.8. The van der Waals surface area contributed by atoms with Crippen LogP contribution in [0.15, 0.2) is 12.1 Å². The third-order valence-corrected chi connectivity index (χ3v) is 2.78. The SMILES string of the molecule is COc1ccc(C(N)CC(=O)NN)c(OC)c1C. The van der Waals surface area contributed by atoms with Crippen LogP contribution in [0.2, 0.25) is 0 Å². The zero-order chi connectivity index (χ0) is 13.7. The molecule has 18 heavy (non-hydrogen) atoms. The Morgan fingerprint density at radius 1 is 1.39 bits per heavy atom. The van der Waals surface area contributed by atoms with Gasteiger partial charge in [-0.25, -0.2) is 5.84 Å². The van der Waals surface area contributed by atoms with Crippen molar-refractivity contribution in [1.29, 1.82) is 0 Å². The Morgan fingerprint density at radius 3 is 2.56 bits per heavy atom. The molecule has 0 heterocycles. The van der Waals surface area contributed by atoms with Crippen LogP contribution in [-0.4, -0.2) is 20.1 Å². The number of methoxy groups -OCH3 is 2. The van der Waals surface area contributed by atoms with Gasteiger partial charge in [-0.05, 0) is 13.0 Å². The Labute approximate surface area is 106 Å². The summed E-state index contributed by atoms with van der Waals surface area (Å²) in [6, 6.07) is 3.11. The lowest BCUT2D eigenvalue weighted by atomic mass is 10.00. The maximum absolute atomic E-state index is 11.2. The first-order valence-corrected chi connectivity index (χ1v) is 5.51. The number of carbonyl (C=O) groups excluding carboxylic acids is 1. The summed E-state index contributed by atoms with van der Waals surface area (Å²) in [6.07, 6.45) is 0.0959. The van der Waals surface area contributed by atoms with Crippen LogP contribution in [0.5, 0.6) is 11.5 Å². The van der Waals surface area contributed by atoms with Gasteiger partial charge in [0.25, 0.3) is 0 Å². The molecule has 1 unspecified atom stereocenters. The van der Waals surface area contributed by atoms with Crippen molar-refractivity contribution in [3.8, 4) is 11.5 Å². The zero-order valence-corrected chi connectivity index (χ0v) is 10.8. The van der Waals surface area contributed by atoms with Crippen LogP contribution in [0.25, 0.3) is 0 Å². The molecule has 0 spiro atoms. The number of ether oxygens (including phenoxy) is 2. The van der Waals surface area contributed by atoms with Gasteiger partial charge in [0.1, 0.15) is 11.5 Å². The number of nitrogens with two attached hydrogens (primary N) is 2. The van der Waals surface area contributed by atoms with E-state index in [1.165, 1.54) is 0 Å². The second kappa shape index (κ2) is 6.23. The largest absolute Gasteiger partial charge is 0.496 e. The lowest BCUT2D eigenvalue weighted by Gasteiger charge is -2.18. The topological polar surface area (TPSA) is 99.6 Å². The molecule has 6 heteroatoms. The standard InChI is InChI=1S/C12H19N3O3/c1-7-10(17-2)5-4-8(12(7)18-3)9(13)6-11(16)15-14/h4-5,9H,6,13-14H2,1-3H3,(H,15,16). The second-order valence-electron chi connectivity index (χ2n) is 3.89. The number of rotatable bonds is 5. The molecule has 5 N–H and O–H groups in total. The van der Waals surface area contributed by atoms with Gasteiger partial charge >= 0.3 is 0 Å². The van der Waals surface area contributed by atoms with Crippen LogP contribution >= 0.6 is 0 Å². The Morgan fingerprint density at radius 2 is 2.06 bits per heavy atom. The minimum absolute atomic E-state index is 0.0959. The van der Waals surface area contributed by atoms with Crippen LogP contribution in [0.4, 0.5) is 0 Å². The fourth-order valence-corrected chi connectivity index (χ4v) is 1.85. The number of nitrogens with one attached hydrogen (secondary N) is 1. The summed E-state index contributed by atoms with van der Waals surface area (Å²) in [5.41, 5.74) is 9.62. The fourth-order valence-electron chi connectivity index (χ4n) is 1.85. The van der Waals surface area contributed by atoms with Crippen molar-refractivity contribution in [2.75, 3.05) is 14.2 Å². The van der Waals surface area contributed by atoms with Gasteiger partial charge in [0, 0.05) is 23.6 Å². The molecule has 0 radical (unpaired) electrons. The minimum Gasteiger partial charge on any atom is -0.496 e. The van der Waals surface area contributed by atoms with Crippen molar-refractivity contribution in [1.82, 2.24) is 5.43 Å². The van der Waals surface area contributed by atoms with E-state index in [0.717, 1.165) is 11.1 Å². The molecule has 0 aromatic heterocycles. The van der Waals surface area contributed by atoms with E-state index in [2.05, 4.69) is 5.43 Å². The molecule has 100 valence electrons. The number of amides is 1. The molecule has 1 aromatic carbocycles. The summed E-state index contributed by atoms with van der Waals surface area (Å²) in [5, 5.41) is 0. The molecule has 0 fully saturated rings. The van der Waals surface area contributed by atoms with Gasteiger partial charge in [-0.2, -0.15) is 0 Å². The first-order chi connectivity index (χ1) is 8.54. The quantitative estimate of drug-likeness (QED) is 0.400. The Hall–Kier alpha value is -1.79. The Kier molecular flexibility index (Phi) is 4.94. The van der Waals surface area contributed by atoms with E-state index < -0.39 is 6.04 Å². The third-order valence-electron chi connectivity index (χ3n) is 2.78. The molecule has 1 amide bonds. The van der Waals surface area contributed by atoms with Gasteiger partial charge in [0.2, 0.25) is 5.91 Å². The van der Waals surface area contributed by atoms with Crippen molar-refractivity contribution < 1.29 is 14.3 Å². The van der Waals surface area contributed by atoms with Crippen molar-refractivity contribution in [3.05, 3.63) is 23.3 Å². The molecule has 0 aliphatic carbocycles. The summed E-state index contributed by atoms with van der Waals surface area (Å²) < 4.78 is 10.5. The van der Waals surface area contributed by atoms with Crippen LogP contribution in [-0.2, 0) is 4.79 Å². The average Bonchev–Trinajstić information content (AvgIpc) is 2.37. The van der Waals surface area contributed by atoms with Gasteiger partial charge in [-0.1, -0.05) is 6.07 Å². The summed E-state index contributed by atoms with van der Waals surface area (Å²) in [5.74, 6) is 6.06. The van der Waals surface area contributed by atoms with E-state index in [1.54, 1.807) is 26.4 Å². The van der Waals surface area contributed by atoms with Gasteiger partial charge < -0.3 is 15.2 Å². The molecule has 0 bridgehead atoms. The van der Waals surface area contributed by atoms with E-state index in [4.69, 9.17) is 21.1 Å². The lowest BCUT2D eigenvalue weighted by Crippen LogP contribution is -2.32. The van der Waals surface area contributed by atoms with Crippen molar-refractivity contribution >= 4 is 5.91 Å². The number of carbonyl (C=O) groups is 1. The molecule has 1 rings (SSSR count). The maximum Gasteiger partial charge on any atom is 0.235 e. The average molecular weight is 253 g/mol. The molecule has 0 aliphatic heterocycles. The molecular weight excluding hydrogens is 234 g/mol. The molecule has 6 nitrogen and oxygen atoms in total.